The predicted octanol–water partition coefficient (Wildman–Crippen LogP) is 2.65. The molecule has 0 saturated heterocycles. The Labute approximate surface area is 112 Å². The summed E-state index contributed by atoms with van der Waals surface area (Å²) in [5, 5.41) is 11.2. The van der Waals surface area contributed by atoms with Crippen LogP contribution in [0, 0.1) is 20.8 Å². The fraction of sp³-hybridized carbons (Fsp3) is 0.538. The van der Waals surface area contributed by atoms with Gasteiger partial charge in [-0.15, -0.1) is 11.3 Å². The van der Waals surface area contributed by atoms with Crippen LogP contribution in [-0.2, 0) is 13.6 Å². The average molecular weight is 264 g/mol. The Hall–Kier alpha value is -1.20. The molecule has 1 atom stereocenters. The van der Waals surface area contributed by atoms with Gasteiger partial charge >= 0.3 is 0 Å². The summed E-state index contributed by atoms with van der Waals surface area (Å²) < 4.78 is 1.93. The third-order valence-corrected chi connectivity index (χ3v) is 4.12. The van der Waals surface area contributed by atoms with Gasteiger partial charge in [-0.1, -0.05) is 0 Å². The van der Waals surface area contributed by atoms with Gasteiger partial charge in [0.2, 0.25) is 0 Å². The van der Waals surface area contributed by atoms with Crippen molar-refractivity contribution in [3.05, 3.63) is 33.0 Å². The van der Waals surface area contributed by atoms with E-state index in [1.165, 1.54) is 11.3 Å². The maximum Gasteiger partial charge on any atom is 0.0898 e. The second kappa shape index (κ2) is 5.20. The summed E-state index contributed by atoms with van der Waals surface area (Å²) in [5.41, 5.74) is 4.74. The van der Waals surface area contributed by atoms with Crippen molar-refractivity contribution in [3.63, 3.8) is 0 Å². The highest BCUT2D eigenvalue weighted by molar-refractivity contribution is 7.09. The lowest BCUT2D eigenvalue weighted by molar-refractivity contribution is 0.560. The summed E-state index contributed by atoms with van der Waals surface area (Å²) in [4.78, 5) is 4.51. The van der Waals surface area contributed by atoms with Gasteiger partial charge in [0.1, 0.15) is 0 Å². The molecular formula is C13H20N4S. The molecule has 0 saturated carbocycles. The van der Waals surface area contributed by atoms with Crippen LogP contribution in [0.5, 0.6) is 0 Å². The van der Waals surface area contributed by atoms with Crippen LogP contribution in [0.15, 0.2) is 5.38 Å². The molecule has 0 spiro atoms. The minimum atomic E-state index is 0.272. The van der Waals surface area contributed by atoms with Gasteiger partial charge in [0.25, 0.3) is 0 Å². The summed E-state index contributed by atoms with van der Waals surface area (Å²) in [5.74, 6) is 0. The molecule has 1 unspecified atom stereocenters. The highest BCUT2D eigenvalue weighted by atomic mass is 32.1. The first kappa shape index (κ1) is 13.2. The summed E-state index contributed by atoms with van der Waals surface area (Å²) >= 11 is 1.70. The molecule has 0 aliphatic rings. The quantitative estimate of drug-likeness (QED) is 0.923. The van der Waals surface area contributed by atoms with Crippen molar-refractivity contribution in [2.24, 2.45) is 7.05 Å². The number of rotatable bonds is 4. The van der Waals surface area contributed by atoms with E-state index in [1.807, 2.05) is 18.7 Å². The lowest BCUT2D eigenvalue weighted by Crippen LogP contribution is -2.19. The number of hydrogen-bond acceptors (Lipinski definition) is 4. The van der Waals surface area contributed by atoms with Crippen LogP contribution in [0.3, 0.4) is 0 Å². The first-order valence-corrected chi connectivity index (χ1v) is 7.01. The number of aromatic nitrogens is 3. The second-order valence-electron chi connectivity index (χ2n) is 4.67. The summed E-state index contributed by atoms with van der Waals surface area (Å²) in [6.07, 6.45) is 0. The van der Waals surface area contributed by atoms with Crippen molar-refractivity contribution in [2.75, 3.05) is 0 Å². The van der Waals surface area contributed by atoms with Crippen molar-refractivity contribution in [2.45, 2.75) is 40.3 Å². The Kier molecular flexibility index (Phi) is 3.82. The average Bonchev–Trinajstić information content (AvgIpc) is 2.83. The van der Waals surface area contributed by atoms with Crippen molar-refractivity contribution in [3.8, 4) is 0 Å². The Balaban J connectivity index is 2.03. The third kappa shape index (κ3) is 2.62. The molecule has 0 fully saturated rings. The normalized spacial score (nSPS) is 12.9. The molecule has 0 aliphatic carbocycles. The van der Waals surface area contributed by atoms with E-state index in [0.29, 0.717) is 0 Å². The molecule has 0 amide bonds. The van der Waals surface area contributed by atoms with Gasteiger partial charge in [0.15, 0.2) is 0 Å². The van der Waals surface area contributed by atoms with Crippen LogP contribution < -0.4 is 5.32 Å². The van der Waals surface area contributed by atoms with Crippen LogP contribution in [-0.4, -0.2) is 14.8 Å². The van der Waals surface area contributed by atoms with Gasteiger partial charge in [0, 0.05) is 36.3 Å². The number of thiazole rings is 1. The van der Waals surface area contributed by atoms with Crippen molar-refractivity contribution in [1.29, 1.82) is 0 Å². The van der Waals surface area contributed by atoms with Crippen molar-refractivity contribution >= 4 is 11.3 Å². The number of aryl methyl sites for hydroxylation is 3. The molecule has 0 bridgehead atoms. The van der Waals surface area contributed by atoms with Gasteiger partial charge in [-0.2, -0.15) is 5.10 Å². The van der Waals surface area contributed by atoms with E-state index in [1.54, 1.807) is 11.3 Å². The smallest absolute Gasteiger partial charge is 0.0898 e. The van der Waals surface area contributed by atoms with E-state index in [2.05, 4.69) is 41.6 Å². The molecule has 1 N–H and O–H groups in total. The molecule has 18 heavy (non-hydrogen) atoms. The van der Waals surface area contributed by atoms with Crippen LogP contribution in [0.25, 0.3) is 0 Å². The van der Waals surface area contributed by atoms with E-state index in [4.69, 9.17) is 0 Å². The highest BCUT2D eigenvalue weighted by Gasteiger charge is 2.12. The summed E-state index contributed by atoms with van der Waals surface area (Å²) in [6, 6.07) is 0.272. The van der Waals surface area contributed by atoms with Gasteiger partial charge in [-0.3, -0.25) is 4.68 Å². The monoisotopic (exact) mass is 264 g/mol. The lowest BCUT2D eigenvalue weighted by Gasteiger charge is -2.11. The Bertz CT molecular complexity index is 541. The standard InChI is InChI=1S/C13H20N4S/c1-8-12(10(3)17(5)16-8)6-14-9(2)13-7-18-11(4)15-13/h7,9,14H,6H2,1-5H3. The van der Waals surface area contributed by atoms with E-state index >= 15 is 0 Å². The molecule has 4 nitrogen and oxygen atoms in total. The van der Waals surface area contributed by atoms with Crippen LogP contribution in [0.1, 0.15) is 40.6 Å². The number of nitrogens with one attached hydrogen (secondary N) is 1. The highest BCUT2D eigenvalue weighted by Crippen LogP contribution is 2.17. The van der Waals surface area contributed by atoms with Crippen LogP contribution >= 0.6 is 11.3 Å². The second-order valence-corrected chi connectivity index (χ2v) is 5.73. The SMILES string of the molecule is Cc1nc(C(C)NCc2c(C)nn(C)c2C)cs1. The van der Waals surface area contributed by atoms with E-state index < -0.39 is 0 Å². The molecular weight excluding hydrogens is 244 g/mol. The first-order chi connectivity index (χ1) is 8.49. The summed E-state index contributed by atoms with van der Waals surface area (Å²) in [7, 11) is 1.99. The zero-order valence-corrected chi connectivity index (χ0v) is 12.4. The molecule has 0 aliphatic heterocycles. The predicted molar refractivity (Wildman–Crippen MR) is 74.8 cm³/mol. The van der Waals surface area contributed by atoms with E-state index in [9.17, 15) is 0 Å². The molecule has 2 heterocycles. The zero-order chi connectivity index (χ0) is 13.3. The van der Waals surface area contributed by atoms with Crippen LogP contribution in [0.4, 0.5) is 0 Å². The van der Waals surface area contributed by atoms with Gasteiger partial charge in [0.05, 0.1) is 16.4 Å². The fourth-order valence-electron chi connectivity index (χ4n) is 2.01. The first-order valence-electron chi connectivity index (χ1n) is 6.13. The maximum atomic E-state index is 4.51. The number of nitrogens with zero attached hydrogens (tertiary/aromatic N) is 3. The fourth-order valence-corrected chi connectivity index (χ4v) is 2.72. The molecule has 0 aromatic carbocycles. The van der Waals surface area contributed by atoms with Gasteiger partial charge < -0.3 is 5.32 Å². The van der Waals surface area contributed by atoms with Crippen LogP contribution in [0.2, 0.25) is 0 Å². The molecule has 98 valence electrons. The lowest BCUT2D eigenvalue weighted by atomic mass is 10.1. The Morgan fingerprint density at radius 1 is 1.39 bits per heavy atom. The van der Waals surface area contributed by atoms with Gasteiger partial charge in [-0.25, -0.2) is 4.98 Å². The topological polar surface area (TPSA) is 42.7 Å². The minimum Gasteiger partial charge on any atom is -0.305 e. The zero-order valence-electron chi connectivity index (χ0n) is 11.6. The minimum absolute atomic E-state index is 0.272. The molecule has 2 aromatic rings. The molecule has 0 radical (unpaired) electrons. The van der Waals surface area contributed by atoms with Crippen molar-refractivity contribution < 1.29 is 0 Å². The molecule has 2 aromatic heterocycles. The maximum absolute atomic E-state index is 4.51. The Morgan fingerprint density at radius 2 is 2.11 bits per heavy atom. The number of hydrogen-bond donors (Lipinski definition) is 1. The van der Waals surface area contributed by atoms with Crippen molar-refractivity contribution in [1.82, 2.24) is 20.1 Å². The Morgan fingerprint density at radius 3 is 2.61 bits per heavy atom. The van der Waals surface area contributed by atoms with E-state index in [0.717, 1.165) is 22.9 Å². The molecule has 2 rings (SSSR count). The summed E-state index contributed by atoms with van der Waals surface area (Å²) in [6.45, 7) is 9.19. The largest absolute Gasteiger partial charge is 0.305 e. The molecule has 5 heteroatoms. The van der Waals surface area contributed by atoms with Gasteiger partial charge in [-0.05, 0) is 27.7 Å². The van der Waals surface area contributed by atoms with E-state index in [-0.39, 0.29) is 6.04 Å². The third-order valence-electron chi connectivity index (χ3n) is 3.32.